The molecule has 0 radical (unpaired) electrons. The Morgan fingerprint density at radius 2 is 1.73 bits per heavy atom. The van der Waals surface area contributed by atoms with E-state index >= 15 is 0 Å². The highest BCUT2D eigenvalue weighted by atomic mass is 16.6. The Kier molecular flexibility index (Phi) is 9.88. The first-order valence-electron chi connectivity index (χ1n) is 10.4. The van der Waals surface area contributed by atoms with Gasteiger partial charge in [-0.15, -0.1) is 0 Å². The second-order valence-electron chi connectivity index (χ2n) is 8.64. The molecule has 0 saturated carbocycles. The Morgan fingerprint density at radius 1 is 1.08 bits per heavy atom. The van der Waals surface area contributed by atoms with E-state index in [4.69, 9.17) is 9.47 Å². The lowest BCUT2D eigenvalue weighted by molar-refractivity contribution is -0.151. The van der Waals surface area contributed by atoms with Crippen LogP contribution in [0.15, 0.2) is 12.2 Å². The van der Waals surface area contributed by atoms with E-state index in [0.29, 0.717) is 6.10 Å². The molecule has 0 bridgehead atoms. The second kappa shape index (κ2) is 11.1. The van der Waals surface area contributed by atoms with Crippen LogP contribution in [0.1, 0.15) is 91.9 Å². The van der Waals surface area contributed by atoms with Gasteiger partial charge in [-0.25, -0.2) is 0 Å². The first-order chi connectivity index (χ1) is 12.2. The summed E-state index contributed by atoms with van der Waals surface area (Å²) in [5, 5.41) is 10.3. The Balaban J connectivity index is 2.09. The van der Waals surface area contributed by atoms with Gasteiger partial charge in [0, 0.05) is 0 Å². The number of carbonyl (C=O) groups excluding carboxylic acids is 1. The number of hydrogen-bond acceptors (Lipinski definition) is 4. The summed E-state index contributed by atoms with van der Waals surface area (Å²) in [5.41, 5.74) is -1.09. The molecular weight excluding hydrogens is 328 g/mol. The van der Waals surface area contributed by atoms with Crippen LogP contribution in [-0.4, -0.2) is 36.0 Å². The monoisotopic (exact) mass is 368 g/mol. The van der Waals surface area contributed by atoms with Gasteiger partial charge in [0.2, 0.25) is 0 Å². The fraction of sp³-hybridized carbons (Fsp3) is 0.864. The Morgan fingerprint density at radius 3 is 2.38 bits per heavy atom. The Hall–Kier alpha value is -0.870. The molecule has 1 aliphatic rings. The molecule has 0 aromatic heterocycles. The zero-order valence-electron chi connectivity index (χ0n) is 17.6. The van der Waals surface area contributed by atoms with E-state index in [1.54, 1.807) is 0 Å². The molecule has 4 heteroatoms. The SMILES string of the molecule is CCCCCC(C)(O)/C=C/C1OC1CCCCCCC(C)(C)C(=O)OC. The average molecular weight is 369 g/mol. The molecule has 1 aliphatic heterocycles. The Bertz CT molecular complexity index is 439. The van der Waals surface area contributed by atoms with Gasteiger partial charge in [-0.2, -0.15) is 0 Å². The van der Waals surface area contributed by atoms with Crippen molar-refractivity contribution in [3.05, 3.63) is 12.2 Å². The largest absolute Gasteiger partial charge is 0.469 e. The molecule has 1 saturated heterocycles. The van der Waals surface area contributed by atoms with Crippen LogP contribution in [0.25, 0.3) is 0 Å². The third-order valence-electron chi connectivity index (χ3n) is 5.33. The van der Waals surface area contributed by atoms with Crippen LogP contribution in [0.3, 0.4) is 0 Å². The minimum atomic E-state index is -0.710. The molecule has 1 rings (SSSR count). The van der Waals surface area contributed by atoms with E-state index in [0.717, 1.165) is 44.9 Å². The molecule has 0 aromatic rings. The van der Waals surface area contributed by atoms with Crippen LogP contribution in [0.5, 0.6) is 0 Å². The number of epoxide rings is 1. The molecule has 26 heavy (non-hydrogen) atoms. The highest BCUT2D eigenvalue weighted by molar-refractivity contribution is 5.75. The summed E-state index contributed by atoms with van der Waals surface area (Å²) in [6, 6.07) is 0. The van der Waals surface area contributed by atoms with E-state index < -0.39 is 5.60 Å². The number of methoxy groups -OCH3 is 1. The topological polar surface area (TPSA) is 59.1 Å². The van der Waals surface area contributed by atoms with Gasteiger partial charge in [-0.05, 0) is 40.0 Å². The minimum absolute atomic E-state index is 0.121. The summed E-state index contributed by atoms with van der Waals surface area (Å²) >= 11 is 0. The van der Waals surface area contributed by atoms with Crippen molar-refractivity contribution in [2.45, 2.75) is 110 Å². The number of esters is 1. The zero-order valence-corrected chi connectivity index (χ0v) is 17.6. The van der Waals surface area contributed by atoms with Crippen molar-refractivity contribution in [3.8, 4) is 0 Å². The lowest BCUT2D eigenvalue weighted by Crippen LogP contribution is -2.25. The van der Waals surface area contributed by atoms with Gasteiger partial charge in [0.05, 0.1) is 24.2 Å². The van der Waals surface area contributed by atoms with Crippen molar-refractivity contribution >= 4 is 5.97 Å². The van der Waals surface area contributed by atoms with Gasteiger partial charge in [0.1, 0.15) is 6.10 Å². The molecule has 4 nitrogen and oxygen atoms in total. The molecule has 1 fully saturated rings. The predicted molar refractivity (Wildman–Crippen MR) is 106 cm³/mol. The normalized spacial score (nSPS) is 22.4. The average Bonchev–Trinajstić information content (AvgIpc) is 3.34. The van der Waals surface area contributed by atoms with Crippen molar-refractivity contribution < 1.29 is 19.4 Å². The molecular formula is C22H40O4. The van der Waals surface area contributed by atoms with E-state index in [1.807, 2.05) is 32.9 Å². The van der Waals surface area contributed by atoms with Gasteiger partial charge < -0.3 is 14.6 Å². The molecule has 0 aromatic carbocycles. The summed E-state index contributed by atoms with van der Waals surface area (Å²) < 4.78 is 10.5. The zero-order chi connectivity index (χ0) is 19.6. The van der Waals surface area contributed by atoms with Crippen molar-refractivity contribution in [3.63, 3.8) is 0 Å². The molecule has 0 spiro atoms. The number of hydrogen-bond donors (Lipinski definition) is 1. The molecule has 1 N–H and O–H groups in total. The number of ether oxygens (including phenoxy) is 2. The second-order valence-corrected chi connectivity index (χ2v) is 8.64. The minimum Gasteiger partial charge on any atom is -0.469 e. The van der Waals surface area contributed by atoms with Crippen LogP contribution in [-0.2, 0) is 14.3 Å². The standard InChI is InChI=1S/C22H40O4/c1-6-7-11-16-22(4,24)17-14-19-18(26-19)13-10-8-9-12-15-21(2,3)20(23)25-5/h14,17-19,24H,6-13,15-16H2,1-5H3/b17-14+. The van der Waals surface area contributed by atoms with Crippen molar-refractivity contribution in [2.75, 3.05) is 7.11 Å². The quantitative estimate of drug-likeness (QED) is 0.199. The van der Waals surface area contributed by atoms with E-state index in [2.05, 4.69) is 6.92 Å². The lowest BCUT2D eigenvalue weighted by Gasteiger charge is -2.20. The summed E-state index contributed by atoms with van der Waals surface area (Å²) in [7, 11) is 1.45. The number of aliphatic hydroxyl groups is 1. The van der Waals surface area contributed by atoms with Crippen LogP contribution in [0, 0.1) is 5.41 Å². The molecule has 152 valence electrons. The fourth-order valence-corrected chi connectivity index (χ4v) is 3.32. The summed E-state index contributed by atoms with van der Waals surface area (Å²) in [4.78, 5) is 11.6. The van der Waals surface area contributed by atoms with E-state index in [-0.39, 0.29) is 17.5 Å². The van der Waals surface area contributed by atoms with E-state index in [1.165, 1.54) is 26.4 Å². The maximum Gasteiger partial charge on any atom is 0.311 e. The van der Waals surface area contributed by atoms with Gasteiger partial charge in [-0.3, -0.25) is 4.79 Å². The van der Waals surface area contributed by atoms with Gasteiger partial charge >= 0.3 is 5.97 Å². The third-order valence-corrected chi connectivity index (χ3v) is 5.33. The van der Waals surface area contributed by atoms with Gasteiger partial charge in [-0.1, -0.05) is 64.0 Å². The summed E-state index contributed by atoms with van der Waals surface area (Å²) in [6.45, 7) is 7.95. The molecule has 3 unspecified atom stereocenters. The first-order valence-corrected chi connectivity index (χ1v) is 10.4. The molecule has 0 aliphatic carbocycles. The summed E-state index contributed by atoms with van der Waals surface area (Å²) in [5.74, 6) is -0.121. The maximum absolute atomic E-state index is 11.6. The van der Waals surface area contributed by atoms with Crippen LogP contribution in [0.2, 0.25) is 0 Å². The highest BCUT2D eigenvalue weighted by Gasteiger charge is 2.36. The molecule has 3 atom stereocenters. The predicted octanol–water partition coefficient (Wildman–Crippen LogP) is 5.18. The first kappa shape index (κ1) is 23.2. The lowest BCUT2D eigenvalue weighted by atomic mass is 9.87. The number of rotatable bonds is 14. The summed E-state index contributed by atoms with van der Waals surface area (Å²) in [6.07, 6.45) is 15.2. The smallest absolute Gasteiger partial charge is 0.311 e. The fourth-order valence-electron chi connectivity index (χ4n) is 3.32. The maximum atomic E-state index is 11.6. The van der Waals surface area contributed by atoms with Crippen LogP contribution in [0.4, 0.5) is 0 Å². The van der Waals surface area contributed by atoms with Gasteiger partial charge in [0.15, 0.2) is 0 Å². The highest BCUT2D eigenvalue weighted by Crippen LogP contribution is 2.30. The van der Waals surface area contributed by atoms with E-state index in [9.17, 15) is 9.90 Å². The third kappa shape index (κ3) is 9.18. The molecule has 0 amide bonds. The van der Waals surface area contributed by atoms with Crippen molar-refractivity contribution in [1.82, 2.24) is 0 Å². The van der Waals surface area contributed by atoms with Crippen molar-refractivity contribution in [2.24, 2.45) is 5.41 Å². The molecule has 1 heterocycles. The van der Waals surface area contributed by atoms with Crippen LogP contribution < -0.4 is 0 Å². The van der Waals surface area contributed by atoms with Crippen LogP contribution >= 0.6 is 0 Å². The van der Waals surface area contributed by atoms with Crippen molar-refractivity contribution in [1.29, 1.82) is 0 Å². The number of carbonyl (C=O) groups is 1. The Labute approximate surface area is 160 Å². The van der Waals surface area contributed by atoms with Gasteiger partial charge in [0.25, 0.3) is 0 Å². The number of unbranched alkanes of at least 4 members (excludes halogenated alkanes) is 5.